The smallest absolute Gasteiger partial charge is 0.230 e. The number of nitrogens with one attached hydrogen (secondary N) is 1. The Morgan fingerprint density at radius 3 is 2.72 bits per heavy atom. The molecule has 0 radical (unpaired) electrons. The van der Waals surface area contributed by atoms with Gasteiger partial charge in [-0.25, -0.2) is 0 Å². The summed E-state index contributed by atoms with van der Waals surface area (Å²) in [5.41, 5.74) is 1.16. The van der Waals surface area contributed by atoms with Crippen molar-refractivity contribution in [2.24, 2.45) is 0 Å². The van der Waals surface area contributed by atoms with Gasteiger partial charge in [-0.3, -0.25) is 4.79 Å². The van der Waals surface area contributed by atoms with Crippen LogP contribution < -0.4 is 10.1 Å². The lowest BCUT2D eigenvalue weighted by molar-refractivity contribution is -0.119. The van der Waals surface area contributed by atoms with Crippen molar-refractivity contribution < 1.29 is 9.53 Å². The van der Waals surface area contributed by atoms with Gasteiger partial charge in [0.25, 0.3) is 0 Å². The summed E-state index contributed by atoms with van der Waals surface area (Å²) in [6.45, 7) is 6.81. The van der Waals surface area contributed by atoms with Crippen molar-refractivity contribution in [3.63, 3.8) is 0 Å². The number of aryl methyl sites for hydroxylation is 1. The highest BCUT2D eigenvalue weighted by Crippen LogP contribution is 2.25. The molecule has 1 aliphatic rings. The highest BCUT2D eigenvalue weighted by atomic mass is 32.2. The molecule has 1 heterocycles. The first-order chi connectivity index (χ1) is 14.1. The summed E-state index contributed by atoms with van der Waals surface area (Å²) in [6.07, 6.45) is 6.96. The Morgan fingerprint density at radius 1 is 1.28 bits per heavy atom. The number of thioether (sulfide) groups is 1. The molecule has 0 saturated heterocycles. The van der Waals surface area contributed by atoms with Crippen LogP contribution in [0.2, 0.25) is 0 Å². The van der Waals surface area contributed by atoms with Crippen molar-refractivity contribution in [3.05, 3.63) is 35.7 Å². The number of carbonyl (C=O) groups excluding carboxylic acids is 1. The largest absolute Gasteiger partial charge is 0.483 e. The second kappa shape index (κ2) is 10.7. The van der Waals surface area contributed by atoms with Crippen LogP contribution in [0.5, 0.6) is 5.75 Å². The van der Waals surface area contributed by atoms with E-state index in [1.165, 1.54) is 37.4 Å². The molecule has 1 aromatic carbocycles. The van der Waals surface area contributed by atoms with Crippen molar-refractivity contribution in [1.82, 2.24) is 20.1 Å². The zero-order valence-corrected chi connectivity index (χ0v) is 18.5. The highest BCUT2D eigenvalue weighted by molar-refractivity contribution is 7.99. The number of benzene rings is 1. The predicted molar refractivity (Wildman–Crippen MR) is 116 cm³/mol. The average molecular weight is 417 g/mol. The molecular formula is C22H32N4O2S. The molecule has 1 N–H and O–H groups in total. The standard InChI is InChI=1S/C22H32N4O2S/c1-4-26-21(17(3)28-19-13-9-10-16(2)14-19)24-25-22(26)29-15-20(27)23-18-11-7-5-6-8-12-18/h9-10,13-14,17-18H,4-8,11-12,15H2,1-3H3,(H,23,27). The first kappa shape index (κ1) is 21.7. The van der Waals surface area contributed by atoms with Crippen LogP contribution in [0.1, 0.15) is 69.9 Å². The normalized spacial score (nSPS) is 16.2. The lowest BCUT2D eigenvalue weighted by Crippen LogP contribution is -2.35. The van der Waals surface area contributed by atoms with E-state index in [4.69, 9.17) is 4.74 Å². The van der Waals surface area contributed by atoms with Crippen LogP contribution in [0.4, 0.5) is 0 Å². The lowest BCUT2D eigenvalue weighted by Gasteiger charge is -2.17. The molecule has 1 atom stereocenters. The maximum absolute atomic E-state index is 12.4. The SMILES string of the molecule is CCn1c(SCC(=O)NC2CCCCCC2)nnc1C(C)Oc1cccc(C)c1. The minimum Gasteiger partial charge on any atom is -0.483 e. The van der Waals surface area contributed by atoms with Crippen LogP contribution in [-0.4, -0.2) is 32.5 Å². The monoisotopic (exact) mass is 416 g/mol. The van der Waals surface area contributed by atoms with Gasteiger partial charge in [0.2, 0.25) is 5.91 Å². The van der Waals surface area contributed by atoms with Gasteiger partial charge in [-0.1, -0.05) is 49.6 Å². The van der Waals surface area contributed by atoms with E-state index in [0.717, 1.165) is 41.7 Å². The summed E-state index contributed by atoms with van der Waals surface area (Å²) in [7, 11) is 0. The maximum Gasteiger partial charge on any atom is 0.230 e. The Kier molecular flexibility index (Phi) is 7.98. The van der Waals surface area contributed by atoms with E-state index in [0.29, 0.717) is 11.8 Å². The lowest BCUT2D eigenvalue weighted by atomic mass is 10.1. The fourth-order valence-electron chi connectivity index (χ4n) is 3.77. The van der Waals surface area contributed by atoms with Gasteiger partial charge in [0.1, 0.15) is 5.75 Å². The molecule has 1 amide bonds. The van der Waals surface area contributed by atoms with Gasteiger partial charge in [0.15, 0.2) is 17.1 Å². The van der Waals surface area contributed by atoms with E-state index < -0.39 is 0 Å². The zero-order chi connectivity index (χ0) is 20.6. The Morgan fingerprint density at radius 2 is 2.03 bits per heavy atom. The molecule has 6 nitrogen and oxygen atoms in total. The van der Waals surface area contributed by atoms with E-state index in [2.05, 4.69) is 22.4 Å². The van der Waals surface area contributed by atoms with Gasteiger partial charge in [-0.2, -0.15) is 0 Å². The minimum atomic E-state index is -0.224. The van der Waals surface area contributed by atoms with Gasteiger partial charge < -0.3 is 14.6 Å². The quantitative estimate of drug-likeness (QED) is 0.500. The van der Waals surface area contributed by atoms with Gasteiger partial charge in [-0.05, 0) is 51.3 Å². The van der Waals surface area contributed by atoms with Crippen molar-refractivity contribution in [1.29, 1.82) is 0 Å². The molecule has 7 heteroatoms. The number of aromatic nitrogens is 3. The van der Waals surface area contributed by atoms with E-state index in [1.54, 1.807) is 0 Å². The molecule has 0 bridgehead atoms. The molecule has 0 aliphatic heterocycles. The highest BCUT2D eigenvalue weighted by Gasteiger charge is 2.20. The molecular weight excluding hydrogens is 384 g/mol. The van der Waals surface area contributed by atoms with Crippen LogP contribution >= 0.6 is 11.8 Å². The molecule has 29 heavy (non-hydrogen) atoms. The third-order valence-electron chi connectivity index (χ3n) is 5.28. The van der Waals surface area contributed by atoms with Crippen LogP contribution in [0.15, 0.2) is 29.4 Å². The number of nitrogens with zero attached hydrogens (tertiary/aromatic N) is 3. The number of hydrogen-bond donors (Lipinski definition) is 1. The van der Waals surface area contributed by atoms with E-state index in [9.17, 15) is 4.79 Å². The summed E-state index contributed by atoms with van der Waals surface area (Å²) in [5.74, 6) is 2.04. The summed E-state index contributed by atoms with van der Waals surface area (Å²) in [5, 5.41) is 12.6. The van der Waals surface area contributed by atoms with Crippen molar-refractivity contribution in [2.45, 2.75) is 83.1 Å². The van der Waals surface area contributed by atoms with Crippen molar-refractivity contribution in [2.75, 3.05) is 5.75 Å². The molecule has 158 valence electrons. The number of rotatable bonds is 8. The number of carbonyl (C=O) groups is 1. The molecule has 2 aromatic rings. The Labute approximate surface area is 177 Å². The van der Waals surface area contributed by atoms with Gasteiger partial charge in [-0.15, -0.1) is 10.2 Å². The topological polar surface area (TPSA) is 69.0 Å². The van der Waals surface area contributed by atoms with E-state index in [-0.39, 0.29) is 12.0 Å². The summed E-state index contributed by atoms with van der Waals surface area (Å²) < 4.78 is 8.09. The Hall–Kier alpha value is -2.02. The van der Waals surface area contributed by atoms with Gasteiger partial charge in [0, 0.05) is 12.6 Å². The second-order valence-electron chi connectivity index (χ2n) is 7.71. The third-order valence-corrected chi connectivity index (χ3v) is 6.25. The van der Waals surface area contributed by atoms with Crippen molar-refractivity contribution in [3.8, 4) is 5.75 Å². The zero-order valence-electron chi connectivity index (χ0n) is 17.7. The third kappa shape index (κ3) is 6.23. The Bertz CT molecular complexity index is 800. The number of ether oxygens (including phenoxy) is 1. The first-order valence-electron chi connectivity index (χ1n) is 10.7. The minimum absolute atomic E-state index is 0.0816. The summed E-state index contributed by atoms with van der Waals surface area (Å²) in [4.78, 5) is 12.4. The number of amides is 1. The summed E-state index contributed by atoms with van der Waals surface area (Å²) >= 11 is 1.44. The molecule has 0 spiro atoms. The molecule has 1 saturated carbocycles. The first-order valence-corrected chi connectivity index (χ1v) is 11.6. The molecule has 3 rings (SSSR count). The average Bonchev–Trinajstić information content (AvgIpc) is 2.94. The molecule has 1 unspecified atom stereocenters. The molecule has 1 fully saturated rings. The second-order valence-corrected chi connectivity index (χ2v) is 8.65. The predicted octanol–water partition coefficient (Wildman–Crippen LogP) is 4.68. The fraction of sp³-hybridized carbons (Fsp3) is 0.591. The van der Waals surface area contributed by atoms with Crippen LogP contribution in [0.3, 0.4) is 0 Å². The number of hydrogen-bond acceptors (Lipinski definition) is 5. The maximum atomic E-state index is 12.4. The molecule has 1 aromatic heterocycles. The van der Waals surface area contributed by atoms with Gasteiger partial charge >= 0.3 is 0 Å². The summed E-state index contributed by atoms with van der Waals surface area (Å²) in [6, 6.07) is 8.31. The van der Waals surface area contributed by atoms with Crippen LogP contribution in [0, 0.1) is 6.92 Å². The van der Waals surface area contributed by atoms with E-state index >= 15 is 0 Å². The van der Waals surface area contributed by atoms with Crippen molar-refractivity contribution >= 4 is 17.7 Å². The van der Waals surface area contributed by atoms with Crippen LogP contribution in [-0.2, 0) is 11.3 Å². The van der Waals surface area contributed by atoms with Gasteiger partial charge in [0.05, 0.1) is 5.75 Å². The fourth-order valence-corrected chi connectivity index (χ4v) is 4.59. The Balaban J connectivity index is 1.57. The van der Waals surface area contributed by atoms with Crippen LogP contribution in [0.25, 0.3) is 0 Å². The molecule has 1 aliphatic carbocycles. The van der Waals surface area contributed by atoms with E-state index in [1.807, 2.05) is 42.7 Å².